The number of nitrogens with zero attached hydrogens (tertiary/aromatic N) is 3. The molecule has 0 bridgehead atoms. The third-order valence-corrected chi connectivity index (χ3v) is 4.74. The van der Waals surface area contributed by atoms with Crippen molar-refractivity contribution in [2.75, 3.05) is 10.6 Å². The predicted octanol–water partition coefficient (Wildman–Crippen LogP) is 5.51. The van der Waals surface area contributed by atoms with Gasteiger partial charge in [0.2, 0.25) is 5.95 Å². The molecule has 0 saturated heterocycles. The molecule has 0 aliphatic carbocycles. The maximum absolute atomic E-state index is 4.76. The number of para-hydroxylation sites is 1. The van der Waals surface area contributed by atoms with Gasteiger partial charge < -0.3 is 10.6 Å². The summed E-state index contributed by atoms with van der Waals surface area (Å²) in [5, 5.41) is 6.82. The molecule has 0 aliphatic rings. The fourth-order valence-corrected chi connectivity index (χ4v) is 3.17. The lowest BCUT2D eigenvalue weighted by Crippen LogP contribution is -2.06. The summed E-state index contributed by atoms with van der Waals surface area (Å²) in [6, 6.07) is 22.3. The largest absolute Gasteiger partial charge is 0.366 e. The number of nitrogens with one attached hydrogen (secondary N) is 2. The Morgan fingerprint density at radius 1 is 0.793 bits per heavy atom. The Morgan fingerprint density at radius 2 is 1.52 bits per heavy atom. The molecule has 0 radical (unpaired) electrons. The van der Waals surface area contributed by atoms with Gasteiger partial charge in [-0.1, -0.05) is 48.5 Å². The summed E-state index contributed by atoms with van der Waals surface area (Å²) in [6.07, 6.45) is 3.58. The van der Waals surface area contributed by atoms with Gasteiger partial charge in [-0.25, -0.2) is 4.98 Å². The van der Waals surface area contributed by atoms with Gasteiger partial charge in [0.15, 0.2) is 0 Å². The van der Waals surface area contributed by atoms with Crippen LogP contribution in [-0.4, -0.2) is 15.0 Å². The number of aromatic nitrogens is 3. The molecule has 4 rings (SSSR count). The average molecular weight is 381 g/mol. The van der Waals surface area contributed by atoms with Crippen LogP contribution in [0.25, 0.3) is 11.3 Å². The zero-order valence-electron chi connectivity index (χ0n) is 16.6. The Kier molecular flexibility index (Phi) is 5.47. The fraction of sp³-hybridized carbons (Fsp3) is 0.125. The molecule has 0 spiro atoms. The molecule has 0 aliphatic heterocycles. The Morgan fingerprint density at radius 3 is 2.24 bits per heavy atom. The molecule has 2 N–H and O–H groups in total. The Labute approximate surface area is 170 Å². The van der Waals surface area contributed by atoms with Crippen molar-refractivity contribution in [3.8, 4) is 11.3 Å². The van der Waals surface area contributed by atoms with E-state index in [4.69, 9.17) is 9.97 Å². The second-order valence-electron chi connectivity index (χ2n) is 6.93. The monoisotopic (exact) mass is 381 g/mol. The van der Waals surface area contributed by atoms with Gasteiger partial charge in [0.25, 0.3) is 0 Å². The van der Waals surface area contributed by atoms with E-state index in [1.54, 1.807) is 12.4 Å². The van der Waals surface area contributed by atoms with Crippen LogP contribution in [0.4, 0.5) is 17.5 Å². The highest BCUT2D eigenvalue weighted by Gasteiger charge is 2.10. The van der Waals surface area contributed by atoms with E-state index >= 15 is 0 Å². The van der Waals surface area contributed by atoms with Crippen LogP contribution in [0, 0.1) is 13.8 Å². The molecule has 0 fully saturated rings. The van der Waals surface area contributed by atoms with Gasteiger partial charge in [-0.15, -0.1) is 0 Å². The molecule has 29 heavy (non-hydrogen) atoms. The topological polar surface area (TPSA) is 62.7 Å². The van der Waals surface area contributed by atoms with Gasteiger partial charge in [0.1, 0.15) is 5.82 Å². The van der Waals surface area contributed by atoms with Crippen LogP contribution in [0.5, 0.6) is 0 Å². The molecule has 0 amide bonds. The first-order chi connectivity index (χ1) is 14.2. The van der Waals surface area contributed by atoms with E-state index in [1.807, 2.05) is 36.4 Å². The summed E-state index contributed by atoms with van der Waals surface area (Å²) >= 11 is 0. The average Bonchev–Trinajstić information content (AvgIpc) is 2.76. The van der Waals surface area contributed by atoms with Crippen molar-refractivity contribution >= 4 is 17.5 Å². The minimum atomic E-state index is 0.570. The van der Waals surface area contributed by atoms with Gasteiger partial charge in [0.05, 0.1) is 5.69 Å². The third-order valence-electron chi connectivity index (χ3n) is 4.74. The van der Waals surface area contributed by atoms with Crippen LogP contribution < -0.4 is 10.6 Å². The molecule has 5 nitrogen and oxygen atoms in total. The maximum Gasteiger partial charge on any atom is 0.229 e. The summed E-state index contributed by atoms with van der Waals surface area (Å²) < 4.78 is 0. The van der Waals surface area contributed by atoms with Gasteiger partial charge >= 0.3 is 0 Å². The molecule has 2 aromatic heterocycles. The number of aryl methyl sites for hydroxylation is 2. The molecule has 2 aromatic carbocycles. The quantitative estimate of drug-likeness (QED) is 0.461. The first-order valence-corrected chi connectivity index (χ1v) is 9.59. The Bertz CT molecular complexity index is 1070. The first-order valence-electron chi connectivity index (χ1n) is 9.59. The van der Waals surface area contributed by atoms with Crippen molar-refractivity contribution < 1.29 is 0 Å². The standard InChI is InChI=1S/C24H23N5/c1-17-7-6-8-18(2)23(17)29-24-27-21(20-9-4-3-5-10-20)15-22(28-24)26-16-19-11-13-25-14-12-19/h3-15H,16H2,1-2H3,(H2,26,27,28,29). The van der Waals surface area contributed by atoms with Crippen molar-refractivity contribution in [3.05, 3.63) is 95.8 Å². The minimum Gasteiger partial charge on any atom is -0.366 e. The maximum atomic E-state index is 4.76. The number of pyridine rings is 1. The number of hydrogen-bond acceptors (Lipinski definition) is 5. The van der Waals surface area contributed by atoms with Gasteiger partial charge in [-0.05, 0) is 42.7 Å². The highest BCUT2D eigenvalue weighted by molar-refractivity contribution is 5.68. The minimum absolute atomic E-state index is 0.570. The van der Waals surface area contributed by atoms with Crippen molar-refractivity contribution in [3.63, 3.8) is 0 Å². The zero-order valence-corrected chi connectivity index (χ0v) is 16.6. The van der Waals surface area contributed by atoms with Gasteiger partial charge in [0, 0.05) is 36.3 Å². The summed E-state index contributed by atoms with van der Waals surface area (Å²) in [7, 11) is 0. The van der Waals surface area contributed by atoms with Crippen LogP contribution in [0.15, 0.2) is 79.1 Å². The lowest BCUT2D eigenvalue weighted by atomic mass is 10.1. The van der Waals surface area contributed by atoms with Crippen molar-refractivity contribution in [2.24, 2.45) is 0 Å². The number of hydrogen-bond donors (Lipinski definition) is 2. The molecule has 2 heterocycles. The second kappa shape index (κ2) is 8.52. The zero-order chi connectivity index (χ0) is 20.1. The van der Waals surface area contributed by atoms with Crippen LogP contribution in [-0.2, 0) is 6.54 Å². The van der Waals surface area contributed by atoms with E-state index in [0.717, 1.165) is 39.5 Å². The molecule has 5 heteroatoms. The molecular weight excluding hydrogens is 358 g/mol. The van der Waals surface area contributed by atoms with Crippen LogP contribution in [0.1, 0.15) is 16.7 Å². The molecule has 4 aromatic rings. The molecule has 144 valence electrons. The smallest absolute Gasteiger partial charge is 0.229 e. The normalized spacial score (nSPS) is 10.6. The lowest BCUT2D eigenvalue weighted by molar-refractivity contribution is 1.08. The van der Waals surface area contributed by atoms with E-state index in [1.165, 1.54) is 0 Å². The third kappa shape index (κ3) is 4.58. The van der Waals surface area contributed by atoms with Crippen LogP contribution >= 0.6 is 0 Å². The van der Waals surface area contributed by atoms with E-state index in [2.05, 4.69) is 59.8 Å². The van der Waals surface area contributed by atoms with E-state index in [9.17, 15) is 0 Å². The fourth-order valence-electron chi connectivity index (χ4n) is 3.17. The van der Waals surface area contributed by atoms with Crippen LogP contribution in [0.2, 0.25) is 0 Å². The first kappa shape index (κ1) is 18.6. The summed E-state index contributed by atoms with van der Waals surface area (Å²) in [4.78, 5) is 13.5. The molecule has 0 atom stereocenters. The van der Waals surface area contributed by atoms with Crippen molar-refractivity contribution in [1.29, 1.82) is 0 Å². The second-order valence-corrected chi connectivity index (χ2v) is 6.93. The van der Waals surface area contributed by atoms with Gasteiger partial charge in [-0.2, -0.15) is 4.98 Å². The van der Waals surface area contributed by atoms with Crippen molar-refractivity contribution in [2.45, 2.75) is 20.4 Å². The summed E-state index contributed by atoms with van der Waals surface area (Å²) in [5.74, 6) is 1.34. The molecule has 0 unspecified atom stereocenters. The Balaban J connectivity index is 1.68. The lowest BCUT2D eigenvalue weighted by Gasteiger charge is -2.14. The number of anilines is 3. The number of rotatable bonds is 6. The summed E-state index contributed by atoms with van der Waals surface area (Å²) in [6.45, 7) is 4.83. The van der Waals surface area contributed by atoms with Gasteiger partial charge in [-0.3, -0.25) is 4.98 Å². The van der Waals surface area contributed by atoms with E-state index in [-0.39, 0.29) is 0 Å². The summed E-state index contributed by atoms with van der Waals surface area (Å²) in [5.41, 5.74) is 6.41. The highest BCUT2D eigenvalue weighted by Crippen LogP contribution is 2.26. The van der Waals surface area contributed by atoms with Crippen LogP contribution in [0.3, 0.4) is 0 Å². The number of benzene rings is 2. The predicted molar refractivity (Wildman–Crippen MR) is 118 cm³/mol. The Hall–Kier alpha value is -3.73. The molecular formula is C24H23N5. The highest BCUT2D eigenvalue weighted by atomic mass is 15.1. The van der Waals surface area contributed by atoms with E-state index < -0.39 is 0 Å². The van der Waals surface area contributed by atoms with E-state index in [0.29, 0.717) is 12.5 Å². The molecule has 0 saturated carbocycles. The SMILES string of the molecule is Cc1cccc(C)c1Nc1nc(NCc2ccncc2)cc(-c2ccccc2)n1. The van der Waals surface area contributed by atoms with Crippen molar-refractivity contribution in [1.82, 2.24) is 15.0 Å².